The molecule has 1 rings (SSSR count). The summed E-state index contributed by atoms with van der Waals surface area (Å²) in [7, 11) is 1.69. The highest BCUT2D eigenvalue weighted by Crippen LogP contribution is 2.14. The van der Waals surface area contributed by atoms with E-state index < -0.39 is 25.2 Å². The highest BCUT2D eigenvalue weighted by atomic mass is 19.4. The molecule has 1 heterocycles. The molecule has 0 saturated heterocycles. The maximum absolute atomic E-state index is 11.7. The molecule has 0 amide bonds. The van der Waals surface area contributed by atoms with Crippen molar-refractivity contribution in [2.24, 2.45) is 7.05 Å². The summed E-state index contributed by atoms with van der Waals surface area (Å²) in [5.41, 5.74) is 0.517. The summed E-state index contributed by atoms with van der Waals surface area (Å²) in [5, 5.41) is 3.93. The molecule has 1 aromatic heterocycles. The van der Waals surface area contributed by atoms with Gasteiger partial charge in [0.25, 0.3) is 0 Å². The first kappa shape index (κ1) is 12.7. The zero-order chi connectivity index (χ0) is 12.2. The molecule has 0 fully saturated rings. The molecule has 4 nitrogen and oxygen atoms in total. The maximum atomic E-state index is 11.7. The van der Waals surface area contributed by atoms with E-state index in [1.165, 1.54) is 4.68 Å². The number of hydrogen-bond acceptors (Lipinski definition) is 3. The molecule has 0 unspecified atom stereocenters. The van der Waals surface area contributed by atoms with E-state index in [2.05, 4.69) is 9.84 Å². The van der Waals surface area contributed by atoms with Gasteiger partial charge in [-0.05, 0) is 6.07 Å². The second kappa shape index (κ2) is 5.11. The van der Waals surface area contributed by atoms with E-state index in [1.54, 1.807) is 19.3 Å². The number of Topliss-reactive ketones (excluding diaryl/α,β-unsaturated/α-hetero) is 1. The first-order valence-electron chi connectivity index (χ1n) is 4.51. The highest BCUT2D eigenvalue weighted by molar-refractivity contribution is 5.81. The van der Waals surface area contributed by atoms with E-state index in [0.717, 1.165) is 0 Å². The Hall–Kier alpha value is -1.37. The van der Waals surface area contributed by atoms with Crippen LogP contribution in [0.5, 0.6) is 0 Å². The molecule has 0 radical (unpaired) electrons. The molecule has 7 heteroatoms. The first-order valence-corrected chi connectivity index (χ1v) is 4.51. The average Bonchev–Trinajstić information content (AvgIpc) is 2.48. The Morgan fingerprint density at radius 3 is 2.75 bits per heavy atom. The van der Waals surface area contributed by atoms with Crippen molar-refractivity contribution in [3.8, 4) is 0 Å². The summed E-state index contributed by atoms with van der Waals surface area (Å²) in [6, 6.07) is 1.63. The van der Waals surface area contributed by atoms with Crippen LogP contribution < -0.4 is 0 Å². The van der Waals surface area contributed by atoms with Gasteiger partial charge in [0.1, 0.15) is 13.2 Å². The number of alkyl halides is 3. The lowest BCUT2D eigenvalue weighted by Gasteiger charge is -2.06. The summed E-state index contributed by atoms with van der Waals surface area (Å²) in [4.78, 5) is 11.2. The van der Waals surface area contributed by atoms with Crippen LogP contribution in [-0.4, -0.2) is 35.0 Å². The molecule has 0 aliphatic rings. The van der Waals surface area contributed by atoms with E-state index in [9.17, 15) is 18.0 Å². The van der Waals surface area contributed by atoms with Gasteiger partial charge >= 0.3 is 6.18 Å². The third kappa shape index (κ3) is 4.92. The van der Waals surface area contributed by atoms with Crippen molar-refractivity contribution in [1.29, 1.82) is 0 Å². The number of rotatable bonds is 5. The van der Waals surface area contributed by atoms with Gasteiger partial charge in [-0.3, -0.25) is 9.48 Å². The number of carbonyl (C=O) groups excluding carboxylic acids is 1. The van der Waals surface area contributed by atoms with Crippen LogP contribution in [0.15, 0.2) is 12.3 Å². The number of halogens is 3. The minimum atomic E-state index is -4.40. The van der Waals surface area contributed by atoms with E-state index in [-0.39, 0.29) is 6.42 Å². The molecule has 0 spiro atoms. The van der Waals surface area contributed by atoms with Crippen molar-refractivity contribution >= 4 is 5.78 Å². The Morgan fingerprint density at radius 1 is 1.56 bits per heavy atom. The maximum Gasteiger partial charge on any atom is 0.411 e. The normalized spacial score (nSPS) is 11.8. The van der Waals surface area contributed by atoms with Gasteiger partial charge < -0.3 is 4.74 Å². The standard InChI is InChI=1S/C9H11F3N2O2/c1-14-3-2-7(13-14)4-8(15)5-16-6-9(10,11)12/h2-3H,4-6H2,1H3. The molecule has 0 N–H and O–H groups in total. The molecule has 0 aliphatic carbocycles. The van der Waals surface area contributed by atoms with Gasteiger partial charge in [-0.25, -0.2) is 0 Å². The topological polar surface area (TPSA) is 44.1 Å². The summed E-state index contributed by atoms with van der Waals surface area (Å²) in [5.74, 6) is -0.428. The van der Waals surface area contributed by atoms with Crippen LogP contribution in [0.25, 0.3) is 0 Å². The molecule has 16 heavy (non-hydrogen) atoms. The smallest absolute Gasteiger partial charge is 0.364 e. The number of aryl methyl sites for hydroxylation is 1. The van der Waals surface area contributed by atoms with Gasteiger partial charge in [-0.1, -0.05) is 0 Å². The fourth-order valence-electron chi connectivity index (χ4n) is 1.09. The molecule has 0 bridgehead atoms. The van der Waals surface area contributed by atoms with Gasteiger partial charge in [0, 0.05) is 13.2 Å². The summed E-state index contributed by atoms with van der Waals surface area (Å²) in [6.45, 7) is -1.95. The van der Waals surface area contributed by atoms with Crippen molar-refractivity contribution in [1.82, 2.24) is 9.78 Å². The number of ether oxygens (including phenoxy) is 1. The number of hydrogen-bond donors (Lipinski definition) is 0. The van der Waals surface area contributed by atoms with Gasteiger partial charge in [0.2, 0.25) is 0 Å². The van der Waals surface area contributed by atoms with Gasteiger partial charge in [0.15, 0.2) is 5.78 Å². The molecular weight excluding hydrogens is 225 g/mol. The predicted molar refractivity (Wildman–Crippen MR) is 48.8 cm³/mol. The molecule has 0 saturated carbocycles. The zero-order valence-electron chi connectivity index (χ0n) is 8.62. The number of aromatic nitrogens is 2. The molecule has 90 valence electrons. The Morgan fingerprint density at radius 2 is 2.25 bits per heavy atom. The lowest BCUT2D eigenvalue weighted by molar-refractivity contribution is -0.175. The van der Waals surface area contributed by atoms with Gasteiger partial charge in [-0.2, -0.15) is 18.3 Å². The van der Waals surface area contributed by atoms with Crippen molar-refractivity contribution in [3.63, 3.8) is 0 Å². The molecule has 1 aromatic rings. The van der Waals surface area contributed by atoms with E-state index in [0.29, 0.717) is 5.69 Å². The van der Waals surface area contributed by atoms with Gasteiger partial charge in [-0.15, -0.1) is 0 Å². The van der Waals surface area contributed by atoms with Crippen LogP contribution in [-0.2, 0) is 23.0 Å². The molecular formula is C9H11F3N2O2. The average molecular weight is 236 g/mol. The van der Waals surface area contributed by atoms with Crippen LogP contribution in [0.3, 0.4) is 0 Å². The molecule has 0 aliphatic heterocycles. The number of ketones is 1. The largest absolute Gasteiger partial charge is 0.411 e. The summed E-state index contributed by atoms with van der Waals surface area (Å²) in [6.07, 6.45) is -2.76. The lowest BCUT2D eigenvalue weighted by atomic mass is 10.2. The Balaban J connectivity index is 2.26. The third-order valence-corrected chi connectivity index (χ3v) is 1.68. The summed E-state index contributed by atoms with van der Waals surface area (Å²) >= 11 is 0. The van der Waals surface area contributed by atoms with E-state index in [1.807, 2.05) is 0 Å². The van der Waals surface area contributed by atoms with Crippen molar-refractivity contribution in [2.45, 2.75) is 12.6 Å². The van der Waals surface area contributed by atoms with Crippen molar-refractivity contribution in [3.05, 3.63) is 18.0 Å². The quantitative estimate of drug-likeness (QED) is 0.769. The summed E-state index contributed by atoms with van der Waals surface area (Å²) < 4.78 is 40.8. The van der Waals surface area contributed by atoms with Crippen molar-refractivity contribution < 1.29 is 22.7 Å². The molecule has 0 atom stereocenters. The van der Waals surface area contributed by atoms with Crippen LogP contribution >= 0.6 is 0 Å². The van der Waals surface area contributed by atoms with Crippen LogP contribution in [0.2, 0.25) is 0 Å². The monoisotopic (exact) mass is 236 g/mol. The third-order valence-electron chi connectivity index (χ3n) is 1.68. The second-order valence-corrected chi connectivity index (χ2v) is 3.30. The minimum Gasteiger partial charge on any atom is -0.364 e. The Kier molecular flexibility index (Phi) is 4.05. The van der Waals surface area contributed by atoms with Crippen LogP contribution in [0, 0.1) is 0 Å². The van der Waals surface area contributed by atoms with Crippen molar-refractivity contribution in [2.75, 3.05) is 13.2 Å². The fourth-order valence-corrected chi connectivity index (χ4v) is 1.09. The number of nitrogens with zero attached hydrogens (tertiary/aromatic N) is 2. The fraction of sp³-hybridized carbons (Fsp3) is 0.556. The zero-order valence-corrected chi connectivity index (χ0v) is 8.62. The predicted octanol–water partition coefficient (Wildman–Crippen LogP) is 1.11. The van der Waals surface area contributed by atoms with E-state index >= 15 is 0 Å². The van der Waals surface area contributed by atoms with Crippen LogP contribution in [0.4, 0.5) is 13.2 Å². The second-order valence-electron chi connectivity index (χ2n) is 3.30. The highest BCUT2D eigenvalue weighted by Gasteiger charge is 2.27. The minimum absolute atomic E-state index is 0.0152. The number of carbonyl (C=O) groups is 1. The van der Waals surface area contributed by atoms with E-state index in [4.69, 9.17) is 0 Å². The Bertz CT molecular complexity index is 360. The lowest BCUT2D eigenvalue weighted by Crippen LogP contribution is -2.21. The first-order chi connectivity index (χ1) is 7.37. The SMILES string of the molecule is Cn1ccc(CC(=O)COCC(F)(F)F)n1. The van der Waals surface area contributed by atoms with Gasteiger partial charge in [0.05, 0.1) is 12.1 Å². The Labute approximate surface area is 90.0 Å². The van der Waals surface area contributed by atoms with Crippen LogP contribution in [0.1, 0.15) is 5.69 Å². The molecule has 0 aromatic carbocycles.